The smallest absolute Gasteiger partial charge is 0.305 e. The molecule has 3 heterocycles. The minimum absolute atomic E-state index is 0.00443. The highest BCUT2D eigenvalue weighted by molar-refractivity contribution is 9.10. The second kappa shape index (κ2) is 10.7. The fourth-order valence-corrected chi connectivity index (χ4v) is 11.3. The Kier molecular flexibility index (Phi) is 6.81. The van der Waals surface area contributed by atoms with Gasteiger partial charge in [0.1, 0.15) is 12.4 Å². The molecule has 4 aliphatic rings. The van der Waals surface area contributed by atoms with Crippen molar-refractivity contribution in [3.63, 3.8) is 0 Å². The number of aromatic amines is 1. The normalized spacial score (nSPS) is 27.8. The number of aryl methyl sites for hydroxylation is 1. The number of hydrogen-bond acceptors (Lipinski definition) is 8. The third kappa shape index (κ3) is 4.51. The first kappa shape index (κ1) is 28.7. The molecule has 2 saturated carbocycles. The number of H-pyrrole nitrogens is 1. The third-order valence-electron chi connectivity index (χ3n) is 9.86. The summed E-state index contributed by atoms with van der Waals surface area (Å²) in [5.74, 6) is -1.02. The average molecular weight is 705 g/mol. The molecule has 8 rings (SSSR count). The molecule has 1 aromatic heterocycles. The van der Waals surface area contributed by atoms with Crippen LogP contribution >= 0.6 is 39.0 Å². The van der Waals surface area contributed by atoms with Gasteiger partial charge in [0, 0.05) is 38.2 Å². The number of aromatic nitrogens is 1. The number of imide groups is 1. The lowest BCUT2D eigenvalue weighted by atomic mass is 9.68. The molecule has 2 aliphatic carbocycles. The fraction of sp³-hybridized carbons (Fsp3) is 0.303. The van der Waals surface area contributed by atoms with E-state index in [-0.39, 0.29) is 51.3 Å². The number of thiazole rings is 1. The summed E-state index contributed by atoms with van der Waals surface area (Å²) in [7, 11) is 0. The zero-order valence-corrected chi connectivity index (χ0v) is 27.1. The Labute approximate surface area is 274 Å². The first-order valence-corrected chi connectivity index (χ1v) is 17.2. The molecule has 0 unspecified atom stereocenters. The summed E-state index contributed by atoms with van der Waals surface area (Å²) in [4.78, 5) is 56.5. The van der Waals surface area contributed by atoms with Crippen LogP contribution in [0.3, 0.4) is 0 Å². The molecule has 0 spiro atoms. The summed E-state index contributed by atoms with van der Waals surface area (Å²) in [6.07, 6.45) is 0.756. The number of nitro groups is 1. The number of rotatable bonds is 6. The third-order valence-corrected chi connectivity index (χ3v) is 12.9. The highest BCUT2D eigenvalue weighted by Crippen LogP contribution is 2.69. The molecule has 4 aromatic rings. The number of carbonyl (C=O) groups is 2. The van der Waals surface area contributed by atoms with Gasteiger partial charge in [-0.3, -0.25) is 29.4 Å². The number of nitrogens with one attached hydrogen (secondary N) is 1. The van der Waals surface area contributed by atoms with Gasteiger partial charge < -0.3 is 9.72 Å². The molecule has 2 amide bonds. The number of hydrogen-bond donors (Lipinski definition) is 1. The summed E-state index contributed by atoms with van der Waals surface area (Å²) in [5.41, 5.74) is 3.43. The van der Waals surface area contributed by atoms with Crippen molar-refractivity contribution in [1.82, 2.24) is 4.98 Å². The van der Waals surface area contributed by atoms with Crippen LogP contribution in [-0.2, 0) is 16.2 Å². The van der Waals surface area contributed by atoms with Crippen LogP contribution in [0.15, 0.2) is 81.0 Å². The van der Waals surface area contributed by atoms with E-state index in [4.69, 9.17) is 4.74 Å². The van der Waals surface area contributed by atoms with Crippen LogP contribution in [0.1, 0.15) is 33.9 Å². The second-order valence-corrected chi connectivity index (χ2v) is 15.3. The van der Waals surface area contributed by atoms with E-state index in [1.54, 1.807) is 11.8 Å². The number of thioether (sulfide) groups is 1. The number of amides is 2. The molecule has 2 aliphatic heterocycles. The van der Waals surface area contributed by atoms with Gasteiger partial charge in [0.05, 0.1) is 27.5 Å². The average Bonchev–Trinajstić information content (AvgIpc) is 3.76. The minimum atomic E-state index is -0.502. The number of nitro benzene ring substituents is 1. The van der Waals surface area contributed by atoms with Crippen LogP contribution in [0.5, 0.6) is 5.75 Å². The Hall–Kier alpha value is -3.74. The van der Waals surface area contributed by atoms with Gasteiger partial charge in [-0.15, -0.1) is 11.8 Å². The van der Waals surface area contributed by atoms with Crippen molar-refractivity contribution in [2.45, 2.75) is 36.1 Å². The van der Waals surface area contributed by atoms with Crippen LogP contribution < -0.4 is 14.5 Å². The summed E-state index contributed by atoms with van der Waals surface area (Å²) in [5, 5.41) is 12.0. The van der Waals surface area contributed by atoms with Gasteiger partial charge in [0.15, 0.2) is 0 Å². The Morgan fingerprint density at radius 1 is 1.00 bits per heavy atom. The Balaban J connectivity index is 1.18. The molecule has 3 aromatic carbocycles. The van der Waals surface area contributed by atoms with Crippen LogP contribution in [0, 0.1) is 46.6 Å². The Bertz CT molecular complexity index is 1940. The van der Waals surface area contributed by atoms with Crippen LogP contribution in [0.25, 0.3) is 0 Å². The standard InChI is InChI=1S/C33H26BrN3O6S2/c1-15-2-4-16(5-3-15)14-43-23-11-6-17(34)12-20(23)24-25-21-13-22(28(25)44-30-29(24)45-33(40)35-30)27-26(21)31(38)36(32(27)39)18-7-9-19(10-8-18)37(41)42/h2-12,21-22,24-28H,13-14H2,1H3,(H,35,40)/t21-,22-,24+,25+,26+,27+,28-/m1/s1. The summed E-state index contributed by atoms with van der Waals surface area (Å²) < 4.78 is 7.35. The molecule has 7 atom stereocenters. The SMILES string of the molecule is Cc1ccc(COc2ccc(Br)cc2[C@@H]2c3sc(=O)[nH]c3S[C@@H]3[C@@H]4C[C@@H]([C@@H]5C(=O)N(c6ccc([N+](=O)[O-])cc6)C(=O)[C@@H]45)[C@@H]23)cc1. The monoisotopic (exact) mass is 703 g/mol. The molecule has 1 saturated heterocycles. The van der Waals surface area contributed by atoms with Gasteiger partial charge in [-0.2, -0.15) is 0 Å². The number of fused-ring (bicyclic) bond motifs is 9. The number of benzene rings is 3. The van der Waals surface area contributed by atoms with Gasteiger partial charge in [0.2, 0.25) is 11.8 Å². The van der Waals surface area contributed by atoms with Crippen LogP contribution in [0.4, 0.5) is 11.4 Å². The van der Waals surface area contributed by atoms with Crippen molar-refractivity contribution >= 4 is 62.2 Å². The predicted molar refractivity (Wildman–Crippen MR) is 174 cm³/mol. The molecule has 3 fully saturated rings. The van der Waals surface area contributed by atoms with Gasteiger partial charge in [0.25, 0.3) is 5.69 Å². The van der Waals surface area contributed by atoms with E-state index in [9.17, 15) is 24.5 Å². The Morgan fingerprint density at radius 2 is 1.71 bits per heavy atom. The number of non-ortho nitro benzene ring substituents is 1. The topological polar surface area (TPSA) is 123 Å². The molecule has 1 N–H and O–H groups in total. The van der Waals surface area contributed by atoms with Gasteiger partial charge in [-0.05, 0) is 67.0 Å². The number of ether oxygens (including phenoxy) is 1. The number of carbonyl (C=O) groups excluding carboxylic acids is 2. The van der Waals surface area contributed by atoms with Crippen molar-refractivity contribution in [1.29, 1.82) is 0 Å². The van der Waals surface area contributed by atoms with E-state index in [0.717, 1.165) is 37.7 Å². The van der Waals surface area contributed by atoms with Crippen molar-refractivity contribution in [3.8, 4) is 5.75 Å². The Morgan fingerprint density at radius 3 is 2.42 bits per heavy atom. The molecular weight excluding hydrogens is 678 g/mol. The van der Waals surface area contributed by atoms with Crippen molar-refractivity contribution in [3.05, 3.63) is 113 Å². The lowest BCUT2D eigenvalue weighted by Gasteiger charge is -2.43. The summed E-state index contributed by atoms with van der Waals surface area (Å²) >= 11 is 6.50. The van der Waals surface area contributed by atoms with E-state index < -0.39 is 16.8 Å². The fourth-order valence-electron chi connectivity index (χ4n) is 8.08. The van der Waals surface area contributed by atoms with Crippen LogP contribution in [-0.4, -0.2) is 27.0 Å². The van der Waals surface area contributed by atoms with Gasteiger partial charge in [-0.1, -0.05) is 57.1 Å². The first-order valence-electron chi connectivity index (χ1n) is 14.7. The lowest BCUT2D eigenvalue weighted by molar-refractivity contribution is -0.384. The molecule has 12 heteroatoms. The number of halogens is 1. The van der Waals surface area contributed by atoms with E-state index in [1.165, 1.54) is 46.1 Å². The minimum Gasteiger partial charge on any atom is -0.489 e. The van der Waals surface area contributed by atoms with E-state index in [1.807, 2.05) is 31.2 Å². The quantitative estimate of drug-likeness (QED) is 0.135. The van der Waals surface area contributed by atoms with Gasteiger partial charge >= 0.3 is 4.87 Å². The molecular formula is C33H26BrN3O6S2. The van der Waals surface area contributed by atoms with E-state index in [0.29, 0.717) is 12.3 Å². The predicted octanol–water partition coefficient (Wildman–Crippen LogP) is 6.67. The van der Waals surface area contributed by atoms with Crippen molar-refractivity contribution < 1.29 is 19.2 Å². The maximum absolute atomic E-state index is 14.1. The molecule has 2 bridgehead atoms. The molecule has 9 nitrogen and oxygen atoms in total. The second-order valence-electron chi connectivity index (χ2n) is 12.2. The van der Waals surface area contributed by atoms with E-state index in [2.05, 4.69) is 39.1 Å². The van der Waals surface area contributed by atoms with Crippen LogP contribution in [0.2, 0.25) is 0 Å². The maximum atomic E-state index is 14.1. The zero-order valence-electron chi connectivity index (χ0n) is 23.8. The summed E-state index contributed by atoms with van der Waals surface area (Å²) in [6, 6.07) is 19.8. The maximum Gasteiger partial charge on any atom is 0.305 e. The lowest BCUT2D eigenvalue weighted by Crippen LogP contribution is -2.42. The number of anilines is 1. The highest BCUT2D eigenvalue weighted by Gasteiger charge is 2.69. The largest absolute Gasteiger partial charge is 0.489 e. The first-order chi connectivity index (χ1) is 21.7. The summed E-state index contributed by atoms with van der Waals surface area (Å²) in [6.45, 7) is 2.43. The van der Waals surface area contributed by atoms with Crippen molar-refractivity contribution in [2.75, 3.05) is 4.90 Å². The highest BCUT2D eigenvalue weighted by atomic mass is 79.9. The van der Waals surface area contributed by atoms with Crippen molar-refractivity contribution in [2.24, 2.45) is 29.6 Å². The molecule has 0 radical (unpaired) electrons. The van der Waals surface area contributed by atoms with Gasteiger partial charge in [-0.25, -0.2) is 0 Å². The molecule has 228 valence electrons. The zero-order chi connectivity index (χ0) is 31.1. The number of nitrogens with zero attached hydrogens (tertiary/aromatic N) is 2. The van der Waals surface area contributed by atoms with E-state index >= 15 is 0 Å². The molecule has 45 heavy (non-hydrogen) atoms.